The maximum Gasteiger partial charge on any atom is 0.355 e. The number of rotatable bonds is 6. The number of amides is 1. The Kier molecular flexibility index (Phi) is 6.22. The molecule has 0 unspecified atom stereocenters. The number of hydrogen-bond acceptors (Lipinski definition) is 7. The van der Waals surface area contributed by atoms with E-state index in [0.29, 0.717) is 17.7 Å². The smallest absolute Gasteiger partial charge is 0.355 e. The molecule has 0 aromatic carbocycles. The number of aryl methyl sites for hydroxylation is 1. The molecular formula is C18H26N2O7S. The van der Waals surface area contributed by atoms with Crippen molar-refractivity contribution in [1.82, 2.24) is 10.3 Å². The molecule has 1 aromatic rings. The van der Waals surface area contributed by atoms with Crippen molar-refractivity contribution in [2.45, 2.75) is 52.7 Å². The lowest BCUT2D eigenvalue weighted by Gasteiger charge is -2.23. The molecule has 0 bridgehead atoms. The van der Waals surface area contributed by atoms with Gasteiger partial charge in [-0.25, -0.2) is 18.0 Å². The zero-order valence-electron chi connectivity index (χ0n) is 16.7. The summed E-state index contributed by atoms with van der Waals surface area (Å²) in [5.41, 5.74) is 0.296. The number of carbonyl (C=O) groups excluding carboxylic acids is 3. The third-order valence-electron chi connectivity index (χ3n) is 4.47. The molecule has 0 aliphatic carbocycles. The zero-order valence-corrected chi connectivity index (χ0v) is 17.5. The Morgan fingerprint density at radius 1 is 1.21 bits per heavy atom. The highest BCUT2D eigenvalue weighted by atomic mass is 32.2. The van der Waals surface area contributed by atoms with Crippen molar-refractivity contribution in [3.63, 3.8) is 0 Å². The van der Waals surface area contributed by atoms with Crippen LogP contribution >= 0.6 is 0 Å². The van der Waals surface area contributed by atoms with Gasteiger partial charge in [0.05, 0.1) is 28.7 Å². The Labute approximate surface area is 164 Å². The highest BCUT2D eigenvalue weighted by Gasteiger charge is 2.39. The van der Waals surface area contributed by atoms with Gasteiger partial charge in [0, 0.05) is 5.69 Å². The van der Waals surface area contributed by atoms with Gasteiger partial charge in [-0.1, -0.05) is 0 Å². The van der Waals surface area contributed by atoms with Crippen molar-refractivity contribution < 1.29 is 32.3 Å². The fourth-order valence-corrected chi connectivity index (χ4v) is 5.31. The monoisotopic (exact) mass is 414 g/mol. The molecule has 0 saturated carbocycles. The molecule has 9 nitrogen and oxygen atoms in total. The summed E-state index contributed by atoms with van der Waals surface area (Å²) in [4.78, 5) is 39.4. The number of esters is 2. The van der Waals surface area contributed by atoms with Crippen LogP contribution in [0, 0.1) is 13.8 Å². The molecule has 2 N–H and O–H groups in total. The Balaban J connectivity index is 2.00. The van der Waals surface area contributed by atoms with Gasteiger partial charge in [-0.15, -0.1) is 0 Å². The van der Waals surface area contributed by atoms with E-state index >= 15 is 0 Å². The molecule has 1 amide bonds. The number of aromatic amines is 1. The third kappa shape index (κ3) is 5.12. The number of carbonyl (C=O) groups is 3. The summed E-state index contributed by atoms with van der Waals surface area (Å²) in [6, 6.07) is 0. The molecule has 2 heterocycles. The topological polar surface area (TPSA) is 132 Å². The predicted molar refractivity (Wildman–Crippen MR) is 101 cm³/mol. The molecule has 10 heteroatoms. The van der Waals surface area contributed by atoms with Crippen LogP contribution in [0.5, 0.6) is 0 Å². The molecule has 1 aliphatic heterocycles. The molecule has 0 radical (unpaired) electrons. The van der Waals surface area contributed by atoms with Gasteiger partial charge >= 0.3 is 11.9 Å². The highest BCUT2D eigenvalue weighted by Crippen LogP contribution is 2.23. The van der Waals surface area contributed by atoms with Gasteiger partial charge in [-0.05, 0) is 46.6 Å². The largest absolute Gasteiger partial charge is 0.459 e. The molecular weight excluding hydrogens is 388 g/mol. The summed E-state index contributed by atoms with van der Waals surface area (Å²) >= 11 is 0. The molecule has 156 valence electrons. The molecule has 1 saturated heterocycles. The van der Waals surface area contributed by atoms with E-state index in [1.807, 2.05) is 0 Å². The van der Waals surface area contributed by atoms with E-state index in [1.54, 1.807) is 34.6 Å². The summed E-state index contributed by atoms with van der Waals surface area (Å²) in [5.74, 6) is -2.05. The van der Waals surface area contributed by atoms with E-state index in [1.165, 1.54) is 0 Å². The maximum atomic E-state index is 12.3. The van der Waals surface area contributed by atoms with Crippen LogP contribution in [0.2, 0.25) is 0 Å². The van der Waals surface area contributed by atoms with Gasteiger partial charge < -0.3 is 19.8 Å². The quantitative estimate of drug-likeness (QED) is 0.665. The molecule has 1 aliphatic rings. The molecule has 1 aromatic heterocycles. The number of H-pyrrole nitrogens is 1. The molecule has 2 rings (SSSR count). The Morgan fingerprint density at radius 2 is 1.86 bits per heavy atom. The Morgan fingerprint density at radius 3 is 2.39 bits per heavy atom. The first kappa shape index (κ1) is 21.9. The van der Waals surface area contributed by atoms with Crippen LogP contribution in [0.25, 0.3) is 0 Å². The first-order valence-electron chi connectivity index (χ1n) is 8.92. The normalized spacial score (nSPS) is 20.8. The lowest BCUT2D eigenvalue weighted by molar-refractivity contribution is -0.125. The standard InChI is InChI=1S/C18H26N2O7S/c1-10(2)27-16(22)14-11(3)15(19-12(14)4)17(23)26-8-13(21)20-18(5)6-7-28(24,25)9-18/h10,19H,6-9H2,1-5H3,(H,20,21)/t18-/m0/s1. The minimum Gasteiger partial charge on any atom is -0.459 e. The van der Waals surface area contributed by atoms with Gasteiger partial charge in [-0.2, -0.15) is 0 Å². The van der Waals surface area contributed by atoms with Gasteiger partial charge in [0.1, 0.15) is 5.69 Å². The van der Waals surface area contributed by atoms with E-state index in [2.05, 4.69) is 10.3 Å². The van der Waals surface area contributed by atoms with Gasteiger partial charge in [-0.3, -0.25) is 4.79 Å². The second kappa shape index (κ2) is 7.94. The van der Waals surface area contributed by atoms with Crippen LogP contribution in [0.4, 0.5) is 0 Å². The number of nitrogens with one attached hydrogen (secondary N) is 2. The zero-order chi connectivity index (χ0) is 21.3. The minimum absolute atomic E-state index is 0.0137. The fourth-order valence-electron chi connectivity index (χ4n) is 3.22. The third-order valence-corrected chi connectivity index (χ3v) is 6.37. The van der Waals surface area contributed by atoms with Crippen molar-refractivity contribution in [3.8, 4) is 0 Å². The van der Waals surface area contributed by atoms with E-state index in [-0.39, 0.29) is 28.9 Å². The van der Waals surface area contributed by atoms with E-state index in [0.717, 1.165) is 0 Å². The molecule has 1 atom stereocenters. The first-order chi connectivity index (χ1) is 12.8. The number of ether oxygens (including phenoxy) is 2. The first-order valence-corrected chi connectivity index (χ1v) is 10.7. The van der Waals surface area contributed by atoms with E-state index < -0.39 is 39.8 Å². The van der Waals surface area contributed by atoms with Crippen LogP contribution in [0.3, 0.4) is 0 Å². The lowest BCUT2D eigenvalue weighted by Crippen LogP contribution is -2.48. The summed E-state index contributed by atoms with van der Waals surface area (Å²) in [6.07, 6.45) is 0.00622. The Hall–Kier alpha value is -2.36. The van der Waals surface area contributed by atoms with E-state index in [9.17, 15) is 22.8 Å². The van der Waals surface area contributed by atoms with Crippen molar-refractivity contribution in [3.05, 3.63) is 22.5 Å². The SMILES string of the molecule is Cc1[nH]c(C(=O)OCC(=O)N[C@@]2(C)CCS(=O)(=O)C2)c(C)c1C(=O)OC(C)C. The van der Waals surface area contributed by atoms with Crippen LogP contribution in [0.15, 0.2) is 0 Å². The Bertz CT molecular complexity index is 901. The number of hydrogen-bond donors (Lipinski definition) is 2. The van der Waals surface area contributed by atoms with Crippen LogP contribution in [0.1, 0.15) is 59.3 Å². The predicted octanol–water partition coefficient (Wildman–Crippen LogP) is 1.05. The minimum atomic E-state index is -3.17. The van der Waals surface area contributed by atoms with Crippen LogP contribution in [-0.4, -0.2) is 61.0 Å². The lowest BCUT2D eigenvalue weighted by atomic mass is 10.0. The van der Waals surface area contributed by atoms with Crippen molar-refractivity contribution in [2.24, 2.45) is 0 Å². The van der Waals surface area contributed by atoms with Gasteiger partial charge in [0.15, 0.2) is 16.4 Å². The summed E-state index contributed by atoms with van der Waals surface area (Å²) in [5, 5.41) is 2.61. The number of sulfone groups is 1. The maximum absolute atomic E-state index is 12.3. The summed E-state index contributed by atoms with van der Waals surface area (Å²) in [6.45, 7) is 7.74. The average molecular weight is 414 g/mol. The van der Waals surface area contributed by atoms with Crippen molar-refractivity contribution in [1.29, 1.82) is 0 Å². The number of aromatic nitrogens is 1. The summed E-state index contributed by atoms with van der Waals surface area (Å²) in [7, 11) is -3.17. The second-order valence-corrected chi connectivity index (χ2v) is 9.79. The van der Waals surface area contributed by atoms with Gasteiger partial charge in [0.2, 0.25) is 0 Å². The van der Waals surface area contributed by atoms with Crippen molar-refractivity contribution >= 4 is 27.7 Å². The average Bonchev–Trinajstić information content (AvgIpc) is 2.99. The van der Waals surface area contributed by atoms with Crippen LogP contribution < -0.4 is 5.32 Å². The highest BCUT2D eigenvalue weighted by molar-refractivity contribution is 7.91. The molecule has 1 fully saturated rings. The second-order valence-electron chi connectivity index (χ2n) is 7.61. The van der Waals surface area contributed by atoms with E-state index in [4.69, 9.17) is 9.47 Å². The van der Waals surface area contributed by atoms with Crippen molar-refractivity contribution in [2.75, 3.05) is 18.1 Å². The molecule has 28 heavy (non-hydrogen) atoms. The fraction of sp³-hybridized carbons (Fsp3) is 0.611. The molecule has 0 spiro atoms. The summed E-state index contributed by atoms with van der Waals surface area (Å²) < 4.78 is 33.4. The van der Waals surface area contributed by atoms with Crippen LogP contribution in [-0.2, 0) is 24.1 Å². The van der Waals surface area contributed by atoms with Gasteiger partial charge in [0.25, 0.3) is 5.91 Å².